The fourth-order valence-corrected chi connectivity index (χ4v) is 4.84. The van der Waals surface area contributed by atoms with Crippen molar-refractivity contribution in [3.63, 3.8) is 0 Å². The van der Waals surface area contributed by atoms with Crippen molar-refractivity contribution in [1.82, 2.24) is 4.31 Å². The van der Waals surface area contributed by atoms with E-state index in [0.29, 0.717) is 37.6 Å². The molecule has 0 aromatic heterocycles. The topological polar surface area (TPSA) is 75.7 Å². The standard InChI is InChI=1S/C21H26N2O4S/c1-15-4-6-18(12-17(15)3)13-21(24)22-19-7-5-16(2)20(14-19)28(25,26)23-8-10-27-11-9-23/h4-7,12,14H,8-11,13H2,1-3H3,(H,22,24). The summed E-state index contributed by atoms with van der Waals surface area (Å²) in [6.07, 6.45) is 0.237. The van der Waals surface area contributed by atoms with E-state index in [2.05, 4.69) is 5.32 Å². The van der Waals surface area contributed by atoms with E-state index in [1.165, 1.54) is 9.87 Å². The van der Waals surface area contributed by atoms with Crippen molar-refractivity contribution in [3.05, 3.63) is 58.7 Å². The minimum absolute atomic E-state index is 0.179. The Morgan fingerprint density at radius 3 is 2.36 bits per heavy atom. The Labute approximate surface area is 166 Å². The molecule has 0 unspecified atom stereocenters. The van der Waals surface area contributed by atoms with Crippen LogP contribution in [-0.2, 0) is 26.0 Å². The van der Waals surface area contributed by atoms with Crippen molar-refractivity contribution in [2.45, 2.75) is 32.1 Å². The van der Waals surface area contributed by atoms with Crippen molar-refractivity contribution in [2.75, 3.05) is 31.6 Å². The van der Waals surface area contributed by atoms with E-state index in [1.54, 1.807) is 25.1 Å². The number of benzene rings is 2. The van der Waals surface area contributed by atoms with E-state index in [1.807, 2.05) is 32.0 Å². The Kier molecular flexibility index (Phi) is 6.17. The van der Waals surface area contributed by atoms with Crippen LogP contribution in [0.1, 0.15) is 22.3 Å². The molecule has 1 fully saturated rings. The molecule has 1 aliphatic rings. The zero-order valence-electron chi connectivity index (χ0n) is 16.5. The van der Waals surface area contributed by atoms with Gasteiger partial charge in [0.1, 0.15) is 0 Å². The van der Waals surface area contributed by atoms with E-state index >= 15 is 0 Å². The van der Waals surface area contributed by atoms with Gasteiger partial charge in [-0.25, -0.2) is 8.42 Å². The molecule has 1 N–H and O–H groups in total. The third kappa shape index (κ3) is 4.60. The number of sulfonamides is 1. The maximum absolute atomic E-state index is 13.0. The predicted octanol–water partition coefficient (Wildman–Crippen LogP) is 2.81. The molecule has 0 aliphatic carbocycles. The summed E-state index contributed by atoms with van der Waals surface area (Å²) >= 11 is 0. The first-order valence-electron chi connectivity index (χ1n) is 9.32. The molecular weight excluding hydrogens is 376 g/mol. The lowest BCUT2D eigenvalue weighted by Crippen LogP contribution is -2.40. The van der Waals surface area contributed by atoms with Gasteiger partial charge in [0.15, 0.2) is 0 Å². The number of carbonyl (C=O) groups excluding carboxylic acids is 1. The Balaban J connectivity index is 1.77. The molecule has 6 nitrogen and oxygen atoms in total. The summed E-state index contributed by atoms with van der Waals surface area (Å²) in [6.45, 7) is 7.26. The quantitative estimate of drug-likeness (QED) is 0.834. The molecule has 0 bridgehead atoms. The molecule has 1 amide bonds. The fourth-order valence-electron chi connectivity index (χ4n) is 3.19. The molecule has 0 spiro atoms. The van der Waals surface area contributed by atoms with Gasteiger partial charge in [0, 0.05) is 18.8 Å². The number of amides is 1. The van der Waals surface area contributed by atoms with Gasteiger partial charge in [-0.3, -0.25) is 4.79 Å². The lowest BCUT2D eigenvalue weighted by molar-refractivity contribution is -0.115. The summed E-state index contributed by atoms with van der Waals surface area (Å²) in [7, 11) is -3.62. The zero-order valence-corrected chi connectivity index (χ0v) is 17.3. The molecule has 1 heterocycles. The minimum Gasteiger partial charge on any atom is -0.379 e. The average molecular weight is 403 g/mol. The van der Waals surface area contributed by atoms with Gasteiger partial charge in [0.2, 0.25) is 15.9 Å². The molecule has 3 rings (SSSR count). The molecule has 2 aromatic rings. The number of ether oxygens (including phenoxy) is 1. The van der Waals surface area contributed by atoms with Crippen molar-refractivity contribution in [1.29, 1.82) is 0 Å². The summed E-state index contributed by atoms with van der Waals surface area (Å²) in [6, 6.07) is 10.9. The molecule has 150 valence electrons. The molecule has 1 saturated heterocycles. The number of hydrogen-bond acceptors (Lipinski definition) is 4. The molecule has 0 atom stereocenters. The van der Waals surface area contributed by atoms with Crippen LogP contribution in [0.3, 0.4) is 0 Å². The zero-order chi connectivity index (χ0) is 20.3. The number of hydrogen-bond donors (Lipinski definition) is 1. The Bertz CT molecular complexity index is 980. The van der Waals surface area contributed by atoms with Crippen LogP contribution >= 0.6 is 0 Å². The highest BCUT2D eigenvalue weighted by atomic mass is 32.2. The maximum atomic E-state index is 13.0. The van der Waals surface area contributed by atoms with Crippen LogP contribution in [-0.4, -0.2) is 44.9 Å². The van der Waals surface area contributed by atoms with Gasteiger partial charge in [0.25, 0.3) is 0 Å². The van der Waals surface area contributed by atoms with E-state index in [-0.39, 0.29) is 17.2 Å². The van der Waals surface area contributed by atoms with Crippen molar-refractivity contribution in [3.8, 4) is 0 Å². The second-order valence-corrected chi connectivity index (χ2v) is 9.05. The second-order valence-electron chi connectivity index (χ2n) is 7.14. The Morgan fingerprint density at radius 1 is 1.00 bits per heavy atom. The molecule has 0 radical (unpaired) electrons. The normalized spacial score (nSPS) is 15.4. The maximum Gasteiger partial charge on any atom is 0.243 e. The van der Waals surface area contributed by atoms with Gasteiger partial charge in [-0.1, -0.05) is 24.3 Å². The fraction of sp³-hybridized carbons (Fsp3) is 0.381. The summed E-state index contributed by atoms with van der Waals surface area (Å²) in [5.74, 6) is -0.179. The summed E-state index contributed by atoms with van der Waals surface area (Å²) in [4.78, 5) is 12.7. The van der Waals surface area contributed by atoms with Crippen molar-refractivity contribution >= 4 is 21.6 Å². The predicted molar refractivity (Wildman–Crippen MR) is 109 cm³/mol. The Morgan fingerprint density at radius 2 is 1.68 bits per heavy atom. The van der Waals surface area contributed by atoms with Crippen LogP contribution in [0, 0.1) is 20.8 Å². The van der Waals surface area contributed by atoms with Crippen molar-refractivity contribution < 1.29 is 17.9 Å². The first kappa shape index (κ1) is 20.5. The smallest absolute Gasteiger partial charge is 0.243 e. The number of nitrogens with one attached hydrogen (secondary N) is 1. The number of rotatable bonds is 5. The molecule has 1 aliphatic heterocycles. The van der Waals surface area contributed by atoms with Gasteiger partial charge in [-0.05, 0) is 55.2 Å². The number of morpholine rings is 1. The number of anilines is 1. The third-order valence-electron chi connectivity index (χ3n) is 5.00. The van der Waals surface area contributed by atoms with E-state index in [9.17, 15) is 13.2 Å². The van der Waals surface area contributed by atoms with Crippen LogP contribution in [0.15, 0.2) is 41.3 Å². The van der Waals surface area contributed by atoms with Crippen molar-refractivity contribution in [2.24, 2.45) is 0 Å². The minimum atomic E-state index is -3.62. The molecule has 7 heteroatoms. The summed E-state index contributed by atoms with van der Waals surface area (Å²) in [5, 5.41) is 2.82. The van der Waals surface area contributed by atoms with Gasteiger partial charge < -0.3 is 10.1 Å². The van der Waals surface area contributed by atoms with E-state index in [4.69, 9.17) is 4.74 Å². The highest BCUT2D eigenvalue weighted by Crippen LogP contribution is 2.24. The van der Waals surface area contributed by atoms with Gasteiger partial charge in [0.05, 0.1) is 24.5 Å². The SMILES string of the molecule is Cc1ccc(CC(=O)Nc2ccc(C)c(S(=O)(=O)N3CCOCC3)c2)cc1C. The van der Waals surface area contributed by atoms with Crippen LogP contribution in [0.25, 0.3) is 0 Å². The third-order valence-corrected chi connectivity index (χ3v) is 7.04. The average Bonchev–Trinajstić information content (AvgIpc) is 2.67. The van der Waals surface area contributed by atoms with Gasteiger partial charge in [-0.15, -0.1) is 0 Å². The van der Waals surface area contributed by atoms with Crippen LogP contribution < -0.4 is 5.32 Å². The number of carbonyl (C=O) groups is 1. The molecule has 2 aromatic carbocycles. The first-order valence-corrected chi connectivity index (χ1v) is 10.8. The lowest BCUT2D eigenvalue weighted by Gasteiger charge is -2.26. The van der Waals surface area contributed by atoms with Crippen LogP contribution in [0.2, 0.25) is 0 Å². The molecule has 0 saturated carbocycles. The molecule has 28 heavy (non-hydrogen) atoms. The molecular formula is C21H26N2O4S. The summed E-state index contributed by atoms with van der Waals surface area (Å²) < 4.78 is 32.6. The lowest BCUT2D eigenvalue weighted by atomic mass is 10.0. The number of nitrogens with zero attached hydrogens (tertiary/aromatic N) is 1. The summed E-state index contributed by atoms with van der Waals surface area (Å²) in [5.41, 5.74) is 4.37. The highest BCUT2D eigenvalue weighted by molar-refractivity contribution is 7.89. The Hall–Kier alpha value is -2.22. The van der Waals surface area contributed by atoms with E-state index in [0.717, 1.165) is 11.1 Å². The van der Waals surface area contributed by atoms with E-state index < -0.39 is 10.0 Å². The van der Waals surface area contributed by atoms with Gasteiger partial charge in [-0.2, -0.15) is 4.31 Å². The largest absolute Gasteiger partial charge is 0.379 e. The van der Waals surface area contributed by atoms with Gasteiger partial charge >= 0.3 is 0 Å². The number of aryl methyl sites for hydroxylation is 3. The second kappa shape index (κ2) is 8.43. The van der Waals surface area contributed by atoms with Crippen LogP contribution in [0.5, 0.6) is 0 Å². The van der Waals surface area contributed by atoms with Crippen LogP contribution in [0.4, 0.5) is 5.69 Å². The highest BCUT2D eigenvalue weighted by Gasteiger charge is 2.28. The monoisotopic (exact) mass is 402 g/mol. The first-order chi connectivity index (χ1) is 13.3.